The minimum Gasteiger partial charge on any atom is -0.444 e. The maximum atomic E-state index is 12.8. The standard InChI is InChI=1S/C23H21N3O2S/c1-4-11-26-22(27)19-7-5-6-8-20(19)25-23(26)29-14-17-13-28-21(24-17)18-10-9-15(2)12-16(18)3/h4-10,12-13H,1,11,14H2,2-3H3. The zero-order chi connectivity index (χ0) is 20.4. The summed E-state index contributed by atoms with van der Waals surface area (Å²) < 4.78 is 7.35. The van der Waals surface area contributed by atoms with Gasteiger partial charge in [0, 0.05) is 17.9 Å². The Hall–Kier alpha value is -3.12. The lowest BCUT2D eigenvalue weighted by atomic mass is 10.1. The lowest BCUT2D eigenvalue weighted by molar-refractivity contribution is 0.573. The number of para-hydroxylation sites is 1. The number of allylic oxidation sites excluding steroid dienone is 1. The molecule has 0 radical (unpaired) electrons. The summed E-state index contributed by atoms with van der Waals surface area (Å²) in [6.45, 7) is 8.28. The van der Waals surface area contributed by atoms with Gasteiger partial charge < -0.3 is 4.42 Å². The summed E-state index contributed by atoms with van der Waals surface area (Å²) in [5, 5.41) is 1.25. The number of nitrogens with zero attached hydrogens (tertiary/aromatic N) is 3. The normalized spacial score (nSPS) is 11.1. The molecule has 29 heavy (non-hydrogen) atoms. The summed E-state index contributed by atoms with van der Waals surface area (Å²) in [6, 6.07) is 13.6. The molecule has 2 aromatic carbocycles. The third-order valence-electron chi connectivity index (χ3n) is 4.65. The summed E-state index contributed by atoms with van der Waals surface area (Å²) >= 11 is 1.47. The van der Waals surface area contributed by atoms with Crippen LogP contribution in [0.3, 0.4) is 0 Å². The van der Waals surface area contributed by atoms with E-state index in [4.69, 9.17) is 4.42 Å². The Kier molecular flexibility index (Phi) is 5.36. The predicted molar refractivity (Wildman–Crippen MR) is 117 cm³/mol. The molecule has 0 amide bonds. The zero-order valence-electron chi connectivity index (χ0n) is 16.4. The van der Waals surface area contributed by atoms with Gasteiger partial charge in [0.15, 0.2) is 5.16 Å². The average molecular weight is 404 g/mol. The first-order valence-electron chi connectivity index (χ1n) is 9.32. The fourth-order valence-corrected chi connectivity index (χ4v) is 4.12. The van der Waals surface area contributed by atoms with Crippen molar-refractivity contribution in [3.05, 3.63) is 88.6 Å². The van der Waals surface area contributed by atoms with E-state index in [1.165, 1.54) is 17.3 Å². The molecule has 4 aromatic rings. The molecule has 146 valence electrons. The summed E-state index contributed by atoms with van der Waals surface area (Å²) in [6.07, 6.45) is 3.37. The molecular weight excluding hydrogens is 382 g/mol. The molecule has 0 unspecified atom stereocenters. The molecule has 0 aliphatic heterocycles. The van der Waals surface area contributed by atoms with E-state index < -0.39 is 0 Å². The van der Waals surface area contributed by atoms with Crippen LogP contribution in [0, 0.1) is 13.8 Å². The largest absolute Gasteiger partial charge is 0.444 e. The fourth-order valence-electron chi connectivity index (χ4n) is 3.24. The van der Waals surface area contributed by atoms with Gasteiger partial charge in [-0.15, -0.1) is 6.58 Å². The number of aryl methyl sites for hydroxylation is 2. The molecular formula is C23H21N3O2S. The molecule has 5 nitrogen and oxygen atoms in total. The smallest absolute Gasteiger partial charge is 0.262 e. The zero-order valence-corrected chi connectivity index (χ0v) is 17.2. The van der Waals surface area contributed by atoms with Gasteiger partial charge in [-0.05, 0) is 37.6 Å². The maximum Gasteiger partial charge on any atom is 0.262 e. The third-order valence-corrected chi connectivity index (χ3v) is 5.66. The summed E-state index contributed by atoms with van der Waals surface area (Å²) in [5.74, 6) is 1.16. The second-order valence-electron chi connectivity index (χ2n) is 6.87. The number of aromatic nitrogens is 3. The molecule has 2 aromatic heterocycles. The van der Waals surface area contributed by atoms with Gasteiger partial charge in [-0.2, -0.15) is 0 Å². The number of hydrogen-bond donors (Lipinski definition) is 0. The highest BCUT2D eigenvalue weighted by Gasteiger charge is 2.13. The molecule has 0 N–H and O–H groups in total. The van der Waals surface area contributed by atoms with Crippen LogP contribution in [-0.4, -0.2) is 14.5 Å². The topological polar surface area (TPSA) is 60.9 Å². The van der Waals surface area contributed by atoms with E-state index in [-0.39, 0.29) is 5.56 Å². The highest BCUT2D eigenvalue weighted by atomic mass is 32.2. The average Bonchev–Trinajstić information content (AvgIpc) is 3.17. The van der Waals surface area contributed by atoms with E-state index in [1.807, 2.05) is 37.3 Å². The van der Waals surface area contributed by atoms with Gasteiger partial charge >= 0.3 is 0 Å². The molecule has 0 spiro atoms. The molecule has 4 rings (SSSR count). The lowest BCUT2D eigenvalue weighted by Crippen LogP contribution is -2.22. The first kappa shape index (κ1) is 19.2. The van der Waals surface area contributed by atoms with Crippen LogP contribution in [0.5, 0.6) is 0 Å². The maximum absolute atomic E-state index is 12.8. The van der Waals surface area contributed by atoms with E-state index in [9.17, 15) is 4.79 Å². The van der Waals surface area contributed by atoms with Crippen molar-refractivity contribution in [1.29, 1.82) is 0 Å². The third kappa shape index (κ3) is 3.89. The number of rotatable bonds is 6. The van der Waals surface area contributed by atoms with E-state index in [2.05, 4.69) is 29.5 Å². The van der Waals surface area contributed by atoms with Crippen LogP contribution in [-0.2, 0) is 12.3 Å². The number of fused-ring (bicyclic) bond motifs is 1. The number of thioether (sulfide) groups is 1. The van der Waals surface area contributed by atoms with E-state index in [1.54, 1.807) is 23.0 Å². The molecule has 0 fully saturated rings. The van der Waals surface area contributed by atoms with Gasteiger partial charge in [0.25, 0.3) is 5.56 Å². The van der Waals surface area contributed by atoms with E-state index >= 15 is 0 Å². The Morgan fingerprint density at radius 2 is 2.00 bits per heavy atom. The SMILES string of the molecule is C=CCn1c(SCc2coc(-c3ccc(C)cc3C)n2)nc2ccccc2c1=O. The van der Waals surface area contributed by atoms with Crippen LogP contribution < -0.4 is 5.56 Å². The molecule has 0 bridgehead atoms. The Balaban J connectivity index is 1.62. The van der Waals surface area contributed by atoms with Crippen molar-refractivity contribution < 1.29 is 4.42 Å². The minimum absolute atomic E-state index is 0.0610. The number of benzene rings is 2. The number of oxazole rings is 1. The van der Waals surface area contributed by atoms with Gasteiger partial charge in [-0.1, -0.05) is 47.7 Å². The van der Waals surface area contributed by atoms with Crippen LogP contribution in [0.1, 0.15) is 16.8 Å². The van der Waals surface area contributed by atoms with Gasteiger partial charge in [0.2, 0.25) is 5.89 Å². The molecule has 0 saturated carbocycles. The molecule has 0 aliphatic rings. The molecule has 2 heterocycles. The molecule has 0 atom stereocenters. The molecule has 0 aliphatic carbocycles. The first-order chi connectivity index (χ1) is 14.1. The van der Waals surface area contributed by atoms with E-state index in [0.717, 1.165) is 16.8 Å². The van der Waals surface area contributed by atoms with Crippen molar-refractivity contribution in [2.24, 2.45) is 0 Å². The molecule has 6 heteroatoms. The Morgan fingerprint density at radius 3 is 2.79 bits per heavy atom. The van der Waals surface area contributed by atoms with Crippen molar-refractivity contribution in [3.8, 4) is 11.5 Å². The van der Waals surface area contributed by atoms with Gasteiger partial charge in [0.1, 0.15) is 6.26 Å². The second-order valence-corrected chi connectivity index (χ2v) is 7.81. The fraction of sp³-hybridized carbons (Fsp3) is 0.174. The van der Waals surface area contributed by atoms with Crippen molar-refractivity contribution in [2.45, 2.75) is 31.3 Å². The lowest BCUT2D eigenvalue weighted by Gasteiger charge is -2.10. The number of hydrogen-bond acceptors (Lipinski definition) is 5. The van der Waals surface area contributed by atoms with Gasteiger partial charge in [-0.25, -0.2) is 9.97 Å². The Morgan fingerprint density at radius 1 is 1.17 bits per heavy atom. The summed E-state index contributed by atoms with van der Waals surface area (Å²) in [4.78, 5) is 22.1. The highest BCUT2D eigenvalue weighted by molar-refractivity contribution is 7.98. The van der Waals surface area contributed by atoms with Crippen molar-refractivity contribution in [1.82, 2.24) is 14.5 Å². The first-order valence-corrected chi connectivity index (χ1v) is 10.3. The summed E-state index contributed by atoms with van der Waals surface area (Å²) in [5.41, 5.74) is 4.75. The van der Waals surface area contributed by atoms with Crippen molar-refractivity contribution in [2.75, 3.05) is 0 Å². The Labute approximate surface area is 173 Å². The van der Waals surface area contributed by atoms with Crippen LogP contribution in [0.4, 0.5) is 0 Å². The van der Waals surface area contributed by atoms with Crippen molar-refractivity contribution in [3.63, 3.8) is 0 Å². The minimum atomic E-state index is -0.0610. The van der Waals surface area contributed by atoms with Gasteiger partial charge in [0.05, 0.1) is 16.6 Å². The second kappa shape index (κ2) is 8.09. The van der Waals surface area contributed by atoms with Crippen LogP contribution in [0.25, 0.3) is 22.4 Å². The summed E-state index contributed by atoms with van der Waals surface area (Å²) in [7, 11) is 0. The highest BCUT2D eigenvalue weighted by Crippen LogP contribution is 2.27. The van der Waals surface area contributed by atoms with Crippen LogP contribution >= 0.6 is 11.8 Å². The van der Waals surface area contributed by atoms with Crippen molar-refractivity contribution >= 4 is 22.7 Å². The van der Waals surface area contributed by atoms with Crippen LogP contribution in [0.2, 0.25) is 0 Å². The van der Waals surface area contributed by atoms with Crippen LogP contribution in [0.15, 0.2) is 75.8 Å². The predicted octanol–water partition coefficient (Wildman–Crippen LogP) is 5.15. The Bertz CT molecular complexity index is 1260. The van der Waals surface area contributed by atoms with Gasteiger partial charge in [-0.3, -0.25) is 9.36 Å². The molecule has 0 saturated heterocycles. The quantitative estimate of drug-likeness (QED) is 0.253. The van der Waals surface area contributed by atoms with E-state index in [0.29, 0.717) is 34.2 Å². The monoisotopic (exact) mass is 403 g/mol.